The van der Waals surface area contributed by atoms with E-state index < -0.39 is 12.1 Å². The molecule has 3 atom stereocenters. The fourth-order valence-electron chi connectivity index (χ4n) is 4.46. The summed E-state index contributed by atoms with van der Waals surface area (Å²) in [7, 11) is 1.47. The fourth-order valence-corrected chi connectivity index (χ4v) is 5.81. The Kier molecular flexibility index (Phi) is 8.07. The van der Waals surface area contributed by atoms with Crippen LogP contribution < -0.4 is 10.6 Å². The molecule has 6 nitrogen and oxygen atoms in total. The minimum Gasteiger partial charge on any atom is -0.390 e. The van der Waals surface area contributed by atoms with Crippen molar-refractivity contribution in [1.82, 2.24) is 10.6 Å². The molecule has 172 valence electrons. The summed E-state index contributed by atoms with van der Waals surface area (Å²) in [5, 5.41) is 26.7. The zero-order valence-electron chi connectivity index (χ0n) is 19.3. The summed E-state index contributed by atoms with van der Waals surface area (Å²) in [6, 6.07) is 11.3. The van der Waals surface area contributed by atoms with Gasteiger partial charge in [0.25, 0.3) is 0 Å². The standard InChI is InChI=1S/C25H33N3O3S/c1-16-8-19-21(11-25(2,3)12-23(19)32-16)27-14-22(29)20(28-24(30)15-31-4)10-17-6-5-7-18(9-17)13-26/h5-9,20-22,27,29H,10-12,14-15H2,1-4H3,(H,28,30)/t20-,21-,22+/m0/s1. The molecule has 1 aliphatic carbocycles. The van der Waals surface area contributed by atoms with Gasteiger partial charge in [0.2, 0.25) is 5.91 Å². The molecule has 1 heterocycles. The van der Waals surface area contributed by atoms with E-state index in [0.29, 0.717) is 18.5 Å². The summed E-state index contributed by atoms with van der Waals surface area (Å²) in [5.74, 6) is -0.275. The first kappa shape index (κ1) is 24.4. The molecule has 1 amide bonds. The SMILES string of the molecule is COCC(=O)N[C@@H](Cc1cccc(C#N)c1)[C@H](O)CN[C@H]1CC(C)(C)Cc2sc(C)cc21. The van der Waals surface area contributed by atoms with Crippen LogP contribution in [0.3, 0.4) is 0 Å². The smallest absolute Gasteiger partial charge is 0.246 e. The van der Waals surface area contributed by atoms with Gasteiger partial charge in [0, 0.05) is 29.5 Å². The number of aryl methyl sites for hydroxylation is 1. The highest BCUT2D eigenvalue weighted by Crippen LogP contribution is 2.44. The predicted octanol–water partition coefficient (Wildman–Crippen LogP) is 3.27. The Bertz CT molecular complexity index is 979. The largest absolute Gasteiger partial charge is 0.390 e. The maximum absolute atomic E-state index is 12.2. The molecule has 0 fully saturated rings. The summed E-state index contributed by atoms with van der Waals surface area (Å²) in [6.45, 7) is 6.99. The Morgan fingerprint density at radius 3 is 2.91 bits per heavy atom. The van der Waals surface area contributed by atoms with E-state index in [1.54, 1.807) is 12.1 Å². The normalized spacial score (nSPS) is 18.9. The number of rotatable bonds is 9. The summed E-state index contributed by atoms with van der Waals surface area (Å²) in [6.07, 6.45) is 1.70. The van der Waals surface area contributed by atoms with Crippen LogP contribution in [-0.4, -0.2) is 43.4 Å². The molecule has 1 aliphatic rings. The Hall–Kier alpha value is -2.24. The van der Waals surface area contributed by atoms with Gasteiger partial charge in [0.05, 0.1) is 23.8 Å². The zero-order valence-corrected chi connectivity index (χ0v) is 20.1. The number of nitriles is 1. The van der Waals surface area contributed by atoms with Gasteiger partial charge in [-0.1, -0.05) is 26.0 Å². The Balaban J connectivity index is 1.72. The monoisotopic (exact) mass is 455 g/mol. The third-order valence-corrected chi connectivity index (χ3v) is 6.97. The zero-order chi connectivity index (χ0) is 23.3. The first-order valence-electron chi connectivity index (χ1n) is 11.0. The van der Waals surface area contributed by atoms with Crippen LogP contribution >= 0.6 is 11.3 Å². The molecular formula is C25H33N3O3S. The molecule has 2 aromatic rings. The second kappa shape index (κ2) is 10.6. The van der Waals surface area contributed by atoms with Crippen LogP contribution in [0.15, 0.2) is 30.3 Å². The first-order chi connectivity index (χ1) is 15.2. The highest BCUT2D eigenvalue weighted by Gasteiger charge is 2.34. The van der Waals surface area contributed by atoms with E-state index in [-0.39, 0.29) is 24.0 Å². The number of methoxy groups -OCH3 is 1. The Morgan fingerprint density at radius 1 is 1.41 bits per heavy atom. The topological polar surface area (TPSA) is 94.4 Å². The Labute approximate surface area is 194 Å². The lowest BCUT2D eigenvalue weighted by Crippen LogP contribution is -2.50. The molecule has 0 saturated carbocycles. The lowest BCUT2D eigenvalue weighted by atomic mass is 9.75. The summed E-state index contributed by atoms with van der Waals surface area (Å²) < 4.78 is 4.94. The van der Waals surface area contributed by atoms with Gasteiger partial charge in [0.15, 0.2) is 0 Å². The molecule has 0 radical (unpaired) electrons. The van der Waals surface area contributed by atoms with Gasteiger partial charge in [-0.05, 0) is 60.9 Å². The third kappa shape index (κ3) is 6.39. The van der Waals surface area contributed by atoms with E-state index in [1.165, 1.54) is 22.4 Å². The number of nitrogens with zero attached hydrogens (tertiary/aromatic N) is 1. The van der Waals surface area contributed by atoms with Crippen molar-refractivity contribution in [2.45, 2.75) is 58.2 Å². The van der Waals surface area contributed by atoms with Crippen molar-refractivity contribution in [3.63, 3.8) is 0 Å². The molecule has 1 aromatic heterocycles. The maximum atomic E-state index is 12.2. The highest BCUT2D eigenvalue weighted by molar-refractivity contribution is 7.12. The minimum absolute atomic E-state index is 0.0662. The van der Waals surface area contributed by atoms with Gasteiger partial charge in [-0.2, -0.15) is 5.26 Å². The number of thiophene rings is 1. The van der Waals surface area contributed by atoms with Crippen molar-refractivity contribution in [1.29, 1.82) is 5.26 Å². The van der Waals surface area contributed by atoms with Gasteiger partial charge in [-0.25, -0.2) is 0 Å². The average Bonchev–Trinajstić information content (AvgIpc) is 3.10. The Morgan fingerprint density at radius 2 is 2.19 bits per heavy atom. The van der Waals surface area contributed by atoms with Gasteiger partial charge >= 0.3 is 0 Å². The lowest BCUT2D eigenvalue weighted by molar-refractivity contribution is -0.126. The number of ether oxygens (including phenoxy) is 1. The number of carbonyl (C=O) groups excluding carboxylic acids is 1. The second-order valence-electron chi connectivity index (χ2n) is 9.43. The van der Waals surface area contributed by atoms with Crippen LogP contribution in [0.4, 0.5) is 0 Å². The molecule has 7 heteroatoms. The van der Waals surface area contributed by atoms with Crippen LogP contribution in [0.25, 0.3) is 0 Å². The number of benzene rings is 1. The molecule has 0 saturated heterocycles. The van der Waals surface area contributed by atoms with Crippen LogP contribution in [0.2, 0.25) is 0 Å². The number of fused-ring (bicyclic) bond motifs is 1. The van der Waals surface area contributed by atoms with E-state index in [9.17, 15) is 15.2 Å². The molecule has 32 heavy (non-hydrogen) atoms. The molecular weight excluding hydrogens is 422 g/mol. The summed E-state index contributed by atoms with van der Waals surface area (Å²) >= 11 is 1.86. The van der Waals surface area contributed by atoms with E-state index in [0.717, 1.165) is 18.4 Å². The van der Waals surface area contributed by atoms with Crippen molar-refractivity contribution >= 4 is 17.2 Å². The average molecular weight is 456 g/mol. The molecule has 0 bridgehead atoms. The number of carbonyl (C=O) groups is 1. The van der Waals surface area contributed by atoms with E-state index in [1.807, 2.05) is 23.5 Å². The molecule has 3 N–H and O–H groups in total. The van der Waals surface area contributed by atoms with Crippen LogP contribution in [0.1, 0.15) is 52.8 Å². The molecule has 0 unspecified atom stereocenters. The summed E-state index contributed by atoms with van der Waals surface area (Å²) in [5.41, 5.74) is 2.97. The predicted molar refractivity (Wildman–Crippen MR) is 127 cm³/mol. The first-order valence-corrected chi connectivity index (χ1v) is 11.8. The molecule has 1 aromatic carbocycles. The molecule has 3 rings (SSSR count). The molecule has 0 spiro atoms. The quantitative estimate of drug-likeness (QED) is 0.540. The lowest BCUT2D eigenvalue weighted by Gasteiger charge is -2.36. The van der Waals surface area contributed by atoms with E-state index >= 15 is 0 Å². The maximum Gasteiger partial charge on any atom is 0.246 e. The van der Waals surface area contributed by atoms with Crippen molar-refractivity contribution < 1.29 is 14.6 Å². The minimum atomic E-state index is -0.797. The molecule has 0 aliphatic heterocycles. The third-order valence-electron chi connectivity index (χ3n) is 5.91. The van der Waals surface area contributed by atoms with E-state index in [2.05, 4.69) is 43.5 Å². The van der Waals surface area contributed by atoms with Crippen molar-refractivity contribution in [3.8, 4) is 6.07 Å². The van der Waals surface area contributed by atoms with Gasteiger partial charge in [-0.3, -0.25) is 4.79 Å². The van der Waals surface area contributed by atoms with Crippen LogP contribution in [-0.2, 0) is 22.4 Å². The number of aliphatic hydroxyl groups excluding tert-OH is 1. The fraction of sp³-hybridized carbons (Fsp3) is 0.520. The number of hydrogen-bond donors (Lipinski definition) is 3. The second-order valence-corrected chi connectivity index (χ2v) is 10.8. The van der Waals surface area contributed by atoms with Crippen molar-refractivity contribution in [3.05, 3.63) is 56.8 Å². The number of nitrogens with one attached hydrogen (secondary N) is 2. The van der Waals surface area contributed by atoms with Gasteiger partial charge in [-0.15, -0.1) is 11.3 Å². The van der Waals surface area contributed by atoms with Crippen LogP contribution in [0.5, 0.6) is 0 Å². The van der Waals surface area contributed by atoms with E-state index in [4.69, 9.17) is 4.74 Å². The number of hydrogen-bond acceptors (Lipinski definition) is 6. The number of aliphatic hydroxyl groups is 1. The highest BCUT2D eigenvalue weighted by atomic mass is 32.1. The van der Waals surface area contributed by atoms with Crippen LogP contribution in [0, 0.1) is 23.7 Å². The van der Waals surface area contributed by atoms with Gasteiger partial charge < -0.3 is 20.5 Å². The summed E-state index contributed by atoms with van der Waals surface area (Å²) in [4.78, 5) is 14.9. The van der Waals surface area contributed by atoms with Crippen molar-refractivity contribution in [2.75, 3.05) is 20.3 Å². The number of amides is 1. The van der Waals surface area contributed by atoms with Crippen molar-refractivity contribution in [2.24, 2.45) is 5.41 Å². The van der Waals surface area contributed by atoms with Gasteiger partial charge in [0.1, 0.15) is 6.61 Å².